The van der Waals surface area contributed by atoms with E-state index in [-0.39, 0.29) is 10.6 Å². The summed E-state index contributed by atoms with van der Waals surface area (Å²) in [6.45, 7) is 0.810. The lowest BCUT2D eigenvalue weighted by Gasteiger charge is -2.10. The Hall–Kier alpha value is -2.95. The molecule has 0 aliphatic carbocycles. The highest BCUT2D eigenvalue weighted by Gasteiger charge is 2.13. The first-order chi connectivity index (χ1) is 11.3. The molecule has 0 fully saturated rings. The van der Waals surface area contributed by atoms with Crippen molar-refractivity contribution < 1.29 is 4.92 Å². The zero-order chi connectivity index (χ0) is 16.1. The van der Waals surface area contributed by atoms with E-state index < -0.39 is 0 Å². The maximum absolute atomic E-state index is 11.1. The summed E-state index contributed by atoms with van der Waals surface area (Å²) in [6, 6.07) is 15.4. The molecule has 0 radical (unpaired) electrons. The van der Waals surface area contributed by atoms with Crippen LogP contribution in [0, 0.1) is 10.1 Å². The summed E-state index contributed by atoms with van der Waals surface area (Å²) in [5, 5.41) is 15.9. The molecule has 116 valence electrons. The number of nitro benzene ring substituents is 1. The number of nitrogens with one attached hydrogen (secondary N) is 1. The highest BCUT2D eigenvalue weighted by Crippen LogP contribution is 2.30. The van der Waals surface area contributed by atoms with Gasteiger partial charge in [-0.05, 0) is 30.5 Å². The molecular formula is C18H17N3O2. The quantitative estimate of drug-likeness (QED) is 0.421. The Kier molecular flexibility index (Phi) is 4.47. The fraction of sp³-hybridized carbons (Fsp3) is 0.167. The van der Waals surface area contributed by atoms with Gasteiger partial charge in [0.2, 0.25) is 0 Å². The first-order valence-corrected chi connectivity index (χ1v) is 7.54. The fourth-order valence-corrected chi connectivity index (χ4v) is 2.65. The van der Waals surface area contributed by atoms with Gasteiger partial charge < -0.3 is 5.32 Å². The van der Waals surface area contributed by atoms with E-state index in [0.717, 1.165) is 30.5 Å². The average Bonchev–Trinajstić information content (AvgIpc) is 2.59. The molecule has 2 aromatic carbocycles. The van der Waals surface area contributed by atoms with Crippen LogP contribution in [0.4, 0.5) is 11.4 Å². The summed E-state index contributed by atoms with van der Waals surface area (Å²) in [5.41, 5.74) is 2.30. The molecule has 5 nitrogen and oxygen atoms in total. The van der Waals surface area contributed by atoms with Gasteiger partial charge in [0.1, 0.15) is 0 Å². The lowest BCUT2D eigenvalue weighted by molar-refractivity contribution is -0.383. The maximum atomic E-state index is 11.1. The molecule has 0 aliphatic heterocycles. The number of fused-ring (bicyclic) bond motifs is 1. The number of aryl methyl sites for hydroxylation is 1. The van der Waals surface area contributed by atoms with E-state index in [1.54, 1.807) is 18.5 Å². The van der Waals surface area contributed by atoms with Gasteiger partial charge in [-0.15, -0.1) is 0 Å². The van der Waals surface area contributed by atoms with E-state index in [1.807, 2.05) is 24.3 Å². The van der Waals surface area contributed by atoms with E-state index in [1.165, 1.54) is 11.6 Å². The Bertz CT molecular complexity index is 819. The second-order valence-electron chi connectivity index (χ2n) is 5.33. The van der Waals surface area contributed by atoms with E-state index in [9.17, 15) is 10.1 Å². The number of hydrogen-bond donors (Lipinski definition) is 1. The van der Waals surface area contributed by atoms with Crippen LogP contribution in [0.3, 0.4) is 0 Å². The highest BCUT2D eigenvalue weighted by atomic mass is 16.6. The Morgan fingerprint density at radius 2 is 1.87 bits per heavy atom. The van der Waals surface area contributed by atoms with Gasteiger partial charge in [0.25, 0.3) is 5.69 Å². The van der Waals surface area contributed by atoms with Crippen molar-refractivity contribution in [2.45, 2.75) is 12.8 Å². The Morgan fingerprint density at radius 3 is 2.65 bits per heavy atom. The number of pyridine rings is 1. The lowest BCUT2D eigenvalue weighted by atomic mass is 10.1. The smallest absolute Gasteiger partial charge is 0.278 e. The standard InChI is InChI=1S/C18H17N3O2/c22-21(23)18-9-8-17(15-10-12-19-13-16(15)18)20-11-4-7-14-5-2-1-3-6-14/h1-3,5-6,8-10,12-13,20H,4,7,11H2. The zero-order valence-corrected chi connectivity index (χ0v) is 12.6. The Balaban J connectivity index is 1.71. The molecule has 0 saturated carbocycles. The van der Waals surface area contributed by atoms with E-state index in [4.69, 9.17) is 0 Å². The van der Waals surface area contributed by atoms with Crippen molar-refractivity contribution in [3.63, 3.8) is 0 Å². The van der Waals surface area contributed by atoms with Gasteiger partial charge in [0.05, 0.1) is 10.3 Å². The molecule has 3 rings (SSSR count). The largest absolute Gasteiger partial charge is 0.385 e. The number of non-ortho nitro benzene ring substituents is 1. The van der Waals surface area contributed by atoms with Crippen LogP contribution in [0.2, 0.25) is 0 Å². The molecule has 23 heavy (non-hydrogen) atoms. The summed E-state index contributed by atoms with van der Waals surface area (Å²) in [5.74, 6) is 0. The van der Waals surface area contributed by atoms with E-state index in [2.05, 4.69) is 22.4 Å². The molecule has 3 aromatic rings. The van der Waals surface area contributed by atoms with Gasteiger partial charge in [-0.3, -0.25) is 15.1 Å². The molecule has 1 heterocycles. The number of nitrogens with zero attached hydrogens (tertiary/aromatic N) is 2. The first kappa shape index (κ1) is 15.0. The molecule has 5 heteroatoms. The molecule has 1 N–H and O–H groups in total. The maximum Gasteiger partial charge on any atom is 0.278 e. The monoisotopic (exact) mass is 307 g/mol. The third-order valence-electron chi connectivity index (χ3n) is 3.79. The molecule has 0 atom stereocenters. The van der Waals surface area contributed by atoms with Crippen molar-refractivity contribution in [3.05, 3.63) is 76.6 Å². The minimum Gasteiger partial charge on any atom is -0.385 e. The van der Waals surface area contributed by atoms with Crippen LogP contribution in [-0.2, 0) is 6.42 Å². The van der Waals surface area contributed by atoms with Gasteiger partial charge in [0.15, 0.2) is 0 Å². The van der Waals surface area contributed by atoms with Crippen molar-refractivity contribution in [2.24, 2.45) is 0 Å². The lowest BCUT2D eigenvalue weighted by Crippen LogP contribution is -2.04. The van der Waals surface area contributed by atoms with Gasteiger partial charge in [0, 0.05) is 36.1 Å². The Morgan fingerprint density at radius 1 is 1.04 bits per heavy atom. The van der Waals surface area contributed by atoms with Crippen LogP contribution >= 0.6 is 0 Å². The van der Waals surface area contributed by atoms with Crippen LogP contribution < -0.4 is 5.32 Å². The summed E-state index contributed by atoms with van der Waals surface area (Å²) in [4.78, 5) is 14.7. The molecule has 0 amide bonds. The van der Waals surface area contributed by atoms with E-state index >= 15 is 0 Å². The number of anilines is 1. The van der Waals surface area contributed by atoms with Crippen molar-refractivity contribution >= 4 is 22.1 Å². The van der Waals surface area contributed by atoms with Crippen molar-refractivity contribution in [1.29, 1.82) is 0 Å². The van der Waals surface area contributed by atoms with Crippen molar-refractivity contribution in [3.8, 4) is 0 Å². The molecule has 1 aromatic heterocycles. The van der Waals surface area contributed by atoms with Gasteiger partial charge in [-0.2, -0.15) is 0 Å². The first-order valence-electron chi connectivity index (χ1n) is 7.54. The predicted octanol–water partition coefficient (Wildman–Crippen LogP) is 4.19. The topological polar surface area (TPSA) is 68.1 Å². The SMILES string of the molecule is O=[N+]([O-])c1ccc(NCCCc2ccccc2)c2ccncc12. The summed E-state index contributed by atoms with van der Waals surface area (Å²) in [6.07, 6.45) is 5.19. The third kappa shape index (κ3) is 3.45. The third-order valence-corrected chi connectivity index (χ3v) is 3.79. The average molecular weight is 307 g/mol. The fourth-order valence-electron chi connectivity index (χ4n) is 2.65. The van der Waals surface area contributed by atoms with Gasteiger partial charge >= 0.3 is 0 Å². The van der Waals surface area contributed by atoms with Crippen LogP contribution in [-0.4, -0.2) is 16.5 Å². The van der Waals surface area contributed by atoms with Crippen molar-refractivity contribution in [1.82, 2.24) is 4.98 Å². The zero-order valence-electron chi connectivity index (χ0n) is 12.6. The number of hydrogen-bond acceptors (Lipinski definition) is 4. The minimum absolute atomic E-state index is 0.0861. The summed E-state index contributed by atoms with van der Waals surface area (Å²) in [7, 11) is 0. The normalized spacial score (nSPS) is 10.6. The molecule has 0 saturated heterocycles. The molecule has 0 bridgehead atoms. The van der Waals surface area contributed by atoms with Crippen LogP contribution in [0.5, 0.6) is 0 Å². The van der Waals surface area contributed by atoms with Crippen molar-refractivity contribution in [2.75, 3.05) is 11.9 Å². The van der Waals surface area contributed by atoms with Crippen LogP contribution in [0.15, 0.2) is 60.9 Å². The molecular weight excluding hydrogens is 290 g/mol. The second-order valence-corrected chi connectivity index (χ2v) is 5.33. The molecule has 0 spiro atoms. The summed E-state index contributed by atoms with van der Waals surface area (Å²) < 4.78 is 0. The van der Waals surface area contributed by atoms with Crippen LogP contribution in [0.1, 0.15) is 12.0 Å². The van der Waals surface area contributed by atoms with Crippen LogP contribution in [0.25, 0.3) is 10.8 Å². The molecule has 0 aliphatic rings. The number of rotatable bonds is 6. The van der Waals surface area contributed by atoms with Gasteiger partial charge in [-0.1, -0.05) is 30.3 Å². The minimum atomic E-state index is -0.372. The summed E-state index contributed by atoms with van der Waals surface area (Å²) >= 11 is 0. The number of nitro groups is 1. The van der Waals surface area contributed by atoms with Gasteiger partial charge in [-0.25, -0.2) is 0 Å². The number of benzene rings is 2. The number of aromatic nitrogens is 1. The highest BCUT2D eigenvalue weighted by molar-refractivity contribution is 5.99. The second kappa shape index (κ2) is 6.87. The van der Waals surface area contributed by atoms with E-state index in [0.29, 0.717) is 5.39 Å². The molecule has 0 unspecified atom stereocenters. The Labute approximate surface area is 134 Å². The predicted molar refractivity (Wildman–Crippen MR) is 91.7 cm³/mol.